The molecule has 0 spiro atoms. The summed E-state index contributed by atoms with van der Waals surface area (Å²) in [5.41, 5.74) is 0. The first kappa shape index (κ1) is 15.3. The van der Waals surface area contributed by atoms with Gasteiger partial charge in [-0.25, -0.2) is 8.42 Å². The first-order valence-electron chi connectivity index (χ1n) is 7.00. The summed E-state index contributed by atoms with van der Waals surface area (Å²) in [5.74, 6) is 0.692. The predicted molar refractivity (Wildman–Crippen MR) is 78.5 cm³/mol. The zero-order valence-corrected chi connectivity index (χ0v) is 12.8. The second-order valence-electron chi connectivity index (χ2n) is 4.98. The average Bonchev–Trinajstić information content (AvgIpc) is 2.65. The molecule has 0 aromatic heterocycles. The van der Waals surface area contributed by atoms with Crippen LogP contribution in [0.2, 0.25) is 0 Å². The fourth-order valence-electron chi connectivity index (χ4n) is 2.31. The Labute approximate surface area is 121 Å². The Morgan fingerprint density at radius 1 is 1.35 bits per heavy atom. The summed E-state index contributed by atoms with van der Waals surface area (Å²) >= 11 is 0. The number of nitrogens with zero attached hydrogens (tertiary/aromatic N) is 1. The van der Waals surface area contributed by atoms with Gasteiger partial charge in [-0.2, -0.15) is 4.31 Å². The predicted octanol–water partition coefficient (Wildman–Crippen LogP) is 1.46. The first-order chi connectivity index (χ1) is 9.54. The number of rotatable bonds is 4. The lowest BCUT2D eigenvalue weighted by atomic mass is 10.3. The molecule has 1 N–H and O–H groups in total. The van der Waals surface area contributed by atoms with Gasteiger partial charge in [0.15, 0.2) is 0 Å². The van der Waals surface area contributed by atoms with Gasteiger partial charge in [0.05, 0.1) is 11.5 Å². The highest BCUT2D eigenvalue weighted by atomic mass is 32.2. The minimum absolute atomic E-state index is 0.176. The third-order valence-corrected chi connectivity index (χ3v) is 5.21. The van der Waals surface area contributed by atoms with Crippen LogP contribution in [0, 0.1) is 0 Å². The lowest BCUT2D eigenvalue weighted by molar-refractivity contribution is 0.340. The SMILES string of the molecule is CCOc1ccc(S(=O)(=O)N2CCCNC(C)C2)cc1. The average molecular weight is 298 g/mol. The van der Waals surface area contributed by atoms with Crippen molar-refractivity contribution in [1.29, 1.82) is 0 Å². The molecular formula is C14H22N2O3S. The van der Waals surface area contributed by atoms with Crippen LogP contribution in [0.25, 0.3) is 0 Å². The van der Waals surface area contributed by atoms with E-state index < -0.39 is 10.0 Å². The highest BCUT2D eigenvalue weighted by Crippen LogP contribution is 2.20. The minimum atomic E-state index is -3.41. The van der Waals surface area contributed by atoms with Crippen molar-refractivity contribution in [2.75, 3.05) is 26.2 Å². The van der Waals surface area contributed by atoms with Crippen LogP contribution in [-0.4, -0.2) is 45.0 Å². The molecule has 2 rings (SSSR count). The van der Waals surface area contributed by atoms with Gasteiger partial charge in [-0.05, 0) is 51.1 Å². The Kier molecular flexibility index (Phi) is 5.01. The Bertz CT molecular complexity index is 528. The maximum Gasteiger partial charge on any atom is 0.243 e. The van der Waals surface area contributed by atoms with E-state index in [1.54, 1.807) is 28.6 Å². The van der Waals surface area contributed by atoms with E-state index in [2.05, 4.69) is 5.32 Å². The summed E-state index contributed by atoms with van der Waals surface area (Å²) in [5, 5.41) is 3.30. The van der Waals surface area contributed by atoms with Crippen molar-refractivity contribution in [2.45, 2.75) is 31.2 Å². The molecule has 1 saturated heterocycles. The van der Waals surface area contributed by atoms with Gasteiger partial charge in [-0.1, -0.05) is 0 Å². The molecule has 0 aliphatic carbocycles. The number of sulfonamides is 1. The molecule has 1 heterocycles. The van der Waals surface area contributed by atoms with Crippen molar-refractivity contribution in [3.05, 3.63) is 24.3 Å². The van der Waals surface area contributed by atoms with Crippen molar-refractivity contribution in [2.24, 2.45) is 0 Å². The Morgan fingerprint density at radius 2 is 2.05 bits per heavy atom. The maximum absolute atomic E-state index is 12.6. The van der Waals surface area contributed by atoms with Crippen LogP contribution >= 0.6 is 0 Å². The molecule has 6 heteroatoms. The standard InChI is InChI=1S/C14H22N2O3S/c1-3-19-13-5-7-14(8-6-13)20(17,18)16-10-4-9-15-12(2)11-16/h5-8,12,15H,3-4,9-11H2,1-2H3. The summed E-state index contributed by atoms with van der Waals surface area (Å²) in [6, 6.07) is 6.81. The van der Waals surface area contributed by atoms with Gasteiger partial charge in [-0.15, -0.1) is 0 Å². The fourth-order valence-corrected chi connectivity index (χ4v) is 3.87. The normalized spacial score (nSPS) is 21.4. The van der Waals surface area contributed by atoms with Crippen LogP contribution in [0.5, 0.6) is 5.75 Å². The molecule has 1 aliphatic rings. The van der Waals surface area contributed by atoms with Crippen LogP contribution < -0.4 is 10.1 Å². The molecule has 1 aromatic carbocycles. The lowest BCUT2D eigenvalue weighted by Crippen LogP contribution is -2.38. The number of ether oxygens (including phenoxy) is 1. The molecule has 0 saturated carbocycles. The van der Waals surface area contributed by atoms with Gasteiger partial charge in [0.2, 0.25) is 10.0 Å². The molecule has 1 aliphatic heterocycles. The second kappa shape index (κ2) is 6.56. The van der Waals surface area contributed by atoms with Gasteiger partial charge in [0, 0.05) is 19.1 Å². The number of hydrogen-bond acceptors (Lipinski definition) is 4. The van der Waals surface area contributed by atoms with Gasteiger partial charge < -0.3 is 10.1 Å². The summed E-state index contributed by atoms with van der Waals surface area (Å²) in [6.07, 6.45) is 0.834. The van der Waals surface area contributed by atoms with E-state index in [4.69, 9.17) is 4.74 Å². The molecule has 5 nitrogen and oxygen atoms in total. The highest BCUT2D eigenvalue weighted by molar-refractivity contribution is 7.89. The Hall–Kier alpha value is -1.11. The maximum atomic E-state index is 12.6. The number of hydrogen-bond donors (Lipinski definition) is 1. The van der Waals surface area contributed by atoms with E-state index in [-0.39, 0.29) is 6.04 Å². The zero-order chi connectivity index (χ0) is 14.6. The van der Waals surface area contributed by atoms with Crippen molar-refractivity contribution in [1.82, 2.24) is 9.62 Å². The first-order valence-corrected chi connectivity index (χ1v) is 8.44. The lowest BCUT2D eigenvalue weighted by Gasteiger charge is -2.22. The monoisotopic (exact) mass is 298 g/mol. The smallest absolute Gasteiger partial charge is 0.243 e. The summed E-state index contributed by atoms with van der Waals surface area (Å²) in [6.45, 7) is 6.41. The molecule has 0 amide bonds. The highest BCUT2D eigenvalue weighted by Gasteiger charge is 2.27. The van der Waals surface area contributed by atoms with Gasteiger partial charge in [0.1, 0.15) is 5.75 Å². The molecule has 1 fully saturated rings. The van der Waals surface area contributed by atoms with Crippen LogP contribution in [0.1, 0.15) is 20.3 Å². The fraction of sp³-hybridized carbons (Fsp3) is 0.571. The molecule has 0 bridgehead atoms. The van der Waals surface area contributed by atoms with E-state index in [1.807, 2.05) is 13.8 Å². The van der Waals surface area contributed by atoms with Gasteiger partial charge in [-0.3, -0.25) is 0 Å². The van der Waals surface area contributed by atoms with E-state index >= 15 is 0 Å². The van der Waals surface area contributed by atoms with E-state index in [0.717, 1.165) is 13.0 Å². The van der Waals surface area contributed by atoms with Crippen LogP contribution in [0.3, 0.4) is 0 Å². The van der Waals surface area contributed by atoms with E-state index in [9.17, 15) is 8.42 Å². The van der Waals surface area contributed by atoms with Crippen molar-refractivity contribution in [3.63, 3.8) is 0 Å². The Balaban J connectivity index is 2.20. The van der Waals surface area contributed by atoms with Crippen LogP contribution in [0.4, 0.5) is 0 Å². The van der Waals surface area contributed by atoms with Crippen molar-refractivity contribution in [3.8, 4) is 5.75 Å². The molecular weight excluding hydrogens is 276 g/mol. The second-order valence-corrected chi connectivity index (χ2v) is 6.91. The van der Waals surface area contributed by atoms with E-state index in [1.165, 1.54) is 0 Å². The third-order valence-electron chi connectivity index (χ3n) is 3.33. The molecule has 0 radical (unpaired) electrons. The molecule has 112 valence electrons. The topological polar surface area (TPSA) is 58.6 Å². The van der Waals surface area contributed by atoms with Crippen molar-refractivity contribution >= 4 is 10.0 Å². The van der Waals surface area contributed by atoms with Crippen LogP contribution in [-0.2, 0) is 10.0 Å². The Morgan fingerprint density at radius 3 is 2.70 bits per heavy atom. The van der Waals surface area contributed by atoms with Crippen molar-refractivity contribution < 1.29 is 13.2 Å². The summed E-state index contributed by atoms with van der Waals surface area (Å²) in [7, 11) is -3.41. The number of nitrogens with one attached hydrogen (secondary N) is 1. The van der Waals surface area contributed by atoms with E-state index in [0.29, 0.717) is 30.3 Å². The summed E-state index contributed by atoms with van der Waals surface area (Å²) < 4.78 is 32.1. The van der Waals surface area contributed by atoms with Gasteiger partial charge >= 0.3 is 0 Å². The molecule has 1 unspecified atom stereocenters. The number of benzene rings is 1. The quantitative estimate of drug-likeness (QED) is 0.914. The molecule has 1 atom stereocenters. The zero-order valence-electron chi connectivity index (χ0n) is 12.0. The summed E-state index contributed by atoms with van der Waals surface area (Å²) in [4.78, 5) is 0.329. The third kappa shape index (κ3) is 3.50. The minimum Gasteiger partial charge on any atom is -0.494 e. The molecule has 1 aromatic rings. The van der Waals surface area contributed by atoms with Gasteiger partial charge in [0.25, 0.3) is 0 Å². The van der Waals surface area contributed by atoms with Crippen LogP contribution in [0.15, 0.2) is 29.2 Å². The molecule has 20 heavy (non-hydrogen) atoms. The largest absolute Gasteiger partial charge is 0.494 e.